The normalized spacial score (nSPS) is 13.9. The van der Waals surface area contributed by atoms with Crippen molar-refractivity contribution in [2.24, 2.45) is 0 Å². The minimum Gasteiger partial charge on any atom is -0.346 e. The Hall–Kier alpha value is -2.82. The molecule has 3 rings (SSSR count). The third kappa shape index (κ3) is 4.91. The van der Waals surface area contributed by atoms with E-state index in [1.54, 1.807) is 18.2 Å². The predicted molar refractivity (Wildman–Crippen MR) is 108 cm³/mol. The van der Waals surface area contributed by atoms with E-state index >= 15 is 0 Å². The molecule has 0 bridgehead atoms. The van der Waals surface area contributed by atoms with Crippen LogP contribution in [0.15, 0.2) is 60.8 Å². The molecule has 3 nitrogen and oxygen atoms in total. The minimum atomic E-state index is -1.46. The van der Waals surface area contributed by atoms with Crippen LogP contribution in [0.4, 0.5) is 8.78 Å². The summed E-state index contributed by atoms with van der Waals surface area (Å²) in [5, 5.41) is 3.53. The molecule has 0 fully saturated rings. The summed E-state index contributed by atoms with van der Waals surface area (Å²) in [6, 6.07) is 15.9. The average Bonchev–Trinajstić information content (AvgIpc) is 2.60. The Kier molecular flexibility index (Phi) is 5.45. The number of pyridine rings is 1. The Morgan fingerprint density at radius 2 is 1.79 bits per heavy atom. The predicted octanol–water partition coefficient (Wildman–Crippen LogP) is 5.24. The van der Waals surface area contributed by atoms with Crippen LogP contribution in [0.3, 0.4) is 0 Å². The van der Waals surface area contributed by atoms with Crippen molar-refractivity contribution in [3.05, 3.63) is 77.7 Å². The van der Waals surface area contributed by atoms with Crippen LogP contribution >= 0.6 is 0 Å². The number of rotatable bonds is 6. The highest BCUT2D eigenvalue weighted by Gasteiger charge is 2.34. The van der Waals surface area contributed by atoms with Gasteiger partial charge in [-0.15, -0.1) is 0 Å². The van der Waals surface area contributed by atoms with Gasteiger partial charge in [0.1, 0.15) is 17.0 Å². The maximum atomic E-state index is 14.5. The molecule has 0 aliphatic rings. The van der Waals surface area contributed by atoms with E-state index in [-0.39, 0.29) is 17.8 Å². The largest absolute Gasteiger partial charge is 0.346 e. The van der Waals surface area contributed by atoms with Crippen LogP contribution in [-0.2, 0) is 6.42 Å². The lowest BCUT2D eigenvalue weighted by atomic mass is 9.83. The first-order chi connectivity index (χ1) is 13.2. The highest BCUT2D eigenvalue weighted by atomic mass is 19.1. The first-order valence-corrected chi connectivity index (χ1v) is 9.25. The van der Waals surface area contributed by atoms with Gasteiger partial charge in [-0.05, 0) is 44.9 Å². The zero-order valence-corrected chi connectivity index (χ0v) is 16.3. The van der Waals surface area contributed by atoms with Gasteiger partial charge in [0.15, 0.2) is 0 Å². The third-order valence-corrected chi connectivity index (χ3v) is 4.59. The van der Waals surface area contributed by atoms with Gasteiger partial charge < -0.3 is 5.32 Å². The van der Waals surface area contributed by atoms with E-state index in [1.807, 2.05) is 37.3 Å². The first-order valence-electron chi connectivity index (χ1n) is 9.25. The molecule has 1 atom stereocenters. The maximum absolute atomic E-state index is 14.5. The minimum absolute atomic E-state index is 0.149. The quantitative estimate of drug-likeness (QED) is 0.633. The Morgan fingerprint density at radius 1 is 1.07 bits per heavy atom. The summed E-state index contributed by atoms with van der Waals surface area (Å²) in [6.07, 6.45) is 1.99. The van der Waals surface area contributed by atoms with Crippen LogP contribution in [0, 0.1) is 5.82 Å². The first kappa shape index (κ1) is 19.9. The summed E-state index contributed by atoms with van der Waals surface area (Å²) in [6.45, 7) is 4.85. The van der Waals surface area contributed by atoms with E-state index in [9.17, 15) is 13.6 Å². The number of para-hydroxylation sites is 1. The fraction of sp³-hybridized carbons (Fsp3) is 0.304. The van der Waals surface area contributed by atoms with Crippen molar-refractivity contribution in [2.45, 2.75) is 44.8 Å². The molecule has 1 N–H and O–H groups in total. The van der Waals surface area contributed by atoms with Crippen molar-refractivity contribution in [1.29, 1.82) is 0 Å². The Labute approximate surface area is 163 Å². The molecule has 0 radical (unpaired) electrons. The SMILES string of the molecule is CC(C)(F)C[C@@](C)(Cc1ccccc1)NC(=O)c1cnc2c(F)cccc2c1. The number of nitrogens with one attached hydrogen (secondary N) is 1. The number of benzene rings is 2. The molecule has 1 aromatic heterocycles. The van der Waals surface area contributed by atoms with E-state index in [0.717, 1.165) is 5.56 Å². The number of fused-ring (bicyclic) bond motifs is 1. The van der Waals surface area contributed by atoms with E-state index in [4.69, 9.17) is 0 Å². The van der Waals surface area contributed by atoms with Crippen molar-refractivity contribution >= 4 is 16.8 Å². The highest BCUT2D eigenvalue weighted by Crippen LogP contribution is 2.27. The summed E-state index contributed by atoms with van der Waals surface area (Å²) >= 11 is 0. The molecule has 0 aliphatic carbocycles. The van der Waals surface area contributed by atoms with Crippen LogP contribution in [0.25, 0.3) is 10.9 Å². The van der Waals surface area contributed by atoms with Crippen LogP contribution in [0.5, 0.6) is 0 Å². The molecule has 5 heteroatoms. The van der Waals surface area contributed by atoms with Crippen LogP contribution in [-0.4, -0.2) is 22.1 Å². The van der Waals surface area contributed by atoms with Gasteiger partial charge in [-0.2, -0.15) is 0 Å². The number of amides is 1. The molecule has 3 aromatic rings. The van der Waals surface area contributed by atoms with Crippen LogP contribution in [0.2, 0.25) is 0 Å². The number of aromatic nitrogens is 1. The second kappa shape index (κ2) is 7.66. The molecular weight excluding hydrogens is 358 g/mol. The van der Waals surface area contributed by atoms with Gasteiger partial charge in [0, 0.05) is 23.5 Å². The van der Waals surface area contributed by atoms with Gasteiger partial charge in [0.2, 0.25) is 0 Å². The molecule has 0 aliphatic heterocycles. The van der Waals surface area contributed by atoms with Crippen LogP contribution in [0.1, 0.15) is 43.1 Å². The molecule has 0 saturated heterocycles. The van der Waals surface area contributed by atoms with E-state index in [1.165, 1.54) is 26.1 Å². The summed E-state index contributed by atoms with van der Waals surface area (Å²) in [4.78, 5) is 17.0. The molecule has 1 amide bonds. The van der Waals surface area contributed by atoms with Gasteiger partial charge in [0.05, 0.1) is 5.56 Å². The summed E-state index contributed by atoms with van der Waals surface area (Å²) in [5.41, 5.74) is -0.715. The van der Waals surface area contributed by atoms with Gasteiger partial charge >= 0.3 is 0 Å². The molecule has 0 unspecified atom stereocenters. The topological polar surface area (TPSA) is 42.0 Å². The van der Waals surface area contributed by atoms with Gasteiger partial charge in [-0.3, -0.25) is 9.78 Å². The number of hydrogen-bond donors (Lipinski definition) is 1. The van der Waals surface area contributed by atoms with E-state index < -0.39 is 17.0 Å². The van der Waals surface area contributed by atoms with E-state index in [0.29, 0.717) is 17.4 Å². The standard InChI is InChI=1S/C23H24F2N2O/c1-22(2,25)15-23(3,13-16-8-5-4-6-9-16)27-21(28)18-12-17-10-7-11-19(24)20(17)26-14-18/h4-12,14H,13,15H2,1-3H3,(H,27,28)/t23-/m1/s1. The number of alkyl halides is 1. The maximum Gasteiger partial charge on any atom is 0.253 e. The molecule has 2 aromatic carbocycles. The Morgan fingerprint density at radius 3 is 2.46 bits per heavy atom. The third-order valence-electron chi connectivity index (χ3n) is 4.59. The lowest BCUT2D eigenvalue weighted by Gasteiger charge is -2.35. The highest BCUT2D eigenvalue weighted by molar-refractivity contribution is 5.97. The second-order valence-electron chi connectivity index (χ2n) is 8.11. The molecule has 0 spiro atoms. The van der Waals surface area contributed by atoms with Crippen molar-refractivity contribution in [3.63, 3.8) is 0 Å². The lowest BCUT2D eigenvalue weighted by Crippen LogP contribution is -2.50. The fourth-order valence-corrected chi connectivity index (χ4v) is 3.72. The Balaban J connectivity index is 1.88. The van der Waals surface area contributed by atoms with Gasteiger partial charge in [-0.1, -0.05) is 42.5 Å². The molecular formula is C23H24F2N2O. The molecule has 0 saturated carbocycles. The smallest absolute Gasteiger partial charge is 0.253 e. The number of carbonyl (C=O) groups excluding carboxylic acids is 1. The summed E-state index contributed by atoms with van der Waals surface area (Å²) in [7, 11) is 0. The second-order valence-corrected chi connectivity index (χ2v) is 8.11. The number of halogens is 2. The van der Waals surface area contributed by atoms with Crippen molar-refractivity contribution in [1.82, 2.24) is 10.3 Å². The monoisotopic (exact) mass is 382 g/mol. The zero-order valence-electron chi connectivity index (χ0n) is 16.3. The summed E-state index contributed by atoms with van der Waals surface area (Å²) in [5.74, 6) is -0.793. The Bertz CT molecular complexity index is 983. The van der Waals surface area contributed by atoms with Crippen LogP contribution < -0.4 is 5.32 Å². The zero-order chi connectivity index (χ0) is 20.4. The van der Waals surface area contributed by atoms with Crippen molar-refractivity contribution in [2.75, 3.05) is 0 Å². The van der Waals surface area contributed by atoms with E-state index in [2.05, 4.69) is 10.3 Å². The summed E-state index contributed by atoms with van der Waals surface area (Å²) < 4.78 is 28.3. The van der Waals surface area contributed by atoms with Gasteiger partial charge in [0.25, 0.3) is 5.91 Å². The van der Waals surface area contributed by atoms with Gasteiger partial charge in [-0.25, -0.2) is 8.78 Å². The molecule has 28 heavy (non-hydrogen) atoms. The fourth-order valence-electron chi connectivity index (χ4n) is 3.72. The molecule has 1 heterocycles. The van der Waals surface area contributed by atoms with Crippen molar-refractivity contribution in [3.8, 4) is 0 Å². The lowest BCUT2D eigenvalue weighted by molar-refractivity contribution is 0.0843. The molecule has 146 valence electrons. The van der Waals surface area contributed by atoms with Crippen molar-refractivity contribution < 1.29 is 13.6 Å². The number of hydrogen-bond acceptors (Lipinski definition) is 2. The number of carbonyl (C=O) groups is 1. The average molecular weight is 382 g/mol. The number of nitrogens with zero attached hydrogens (tertiary/aromatic N) is 1.